The van der Waals surface area contributed by atoms with E-state index in [1.807, 2.05) is 6.07 Å². The van der Waals surface area contributed by atoms with E-state index in [9.17, 15) is 0 Å². The maximum absolute atomic E-state index is 8.82. The van der Waals surface area contributed by atoms with Gasteiger partial charge in [0.1, 0.15) is 11.7 Å². The molecule has 0 saturated heterocycles. The molecule has 1 aromatic rings. The molecule has 0 radical (unpaired) electrons. The van der Waals surface area contributed by atoms with Crippen molar-refractivity contribution in [2.75, 3.05) is 0 Å². The largest absolute Gasteiger partial charge is 0.409 e. The van der Waals surface area contributed by atoms with Crippen LogP contribution in [0.4, 0.5) is 0 Å². The average molecular weight is 178 g/mol. The van der Waals surface area contributed by atoms with Crippen LogP contribution >= 0.6 is 0 Å². The molecule has 0 saturated carbocycles. The Morgan fingerprint density at radius 1 is 1.69 bits per heavy atom. The zero-order valence-electron chi connectivity index (χ0n) is 7.47. The first kappa shape index (κ1) is 9.26. The van der Waals surface area contributed by atoms with E-state index in [2.05, 4.69) is 10.1 Å². The van der Waals surface area contributed by atoms with Crippen molar-refractivity contribution < 1.29 is 5.21 Å². The molecule has 0 aromatic carbocycles. The minimum Gasteiger partial charge on any atom is -0.409 e. The number of imidazole rings is 1. The standard InChI is InChI=1S/C8H10N4O/c1-8(2,5-9)7(11-13)12-4-3-10-6-12/h3-4,6,13H,1-2H3. The highest BCUT2D eigenvalue weighted by Gasteiger charge is 2.26. The van der Waals surface area contributed by atoms with Gasteiger partial charge in [-0.2, -0.15) is 5.26 Å². The minimum atomic E-state index is -0.838. The Balaban J connectivity index is 3.10. The van der Waals surface area contributed by atoms with Gasteiger partial charge in [0.05, 0.1) is 6.07 Å². The third-order valence-corrected chi connectivity index (χ3v) is 1.68. The first-order valence-electron chi connectivity index (χ1n) is 3.74. The molecule has 5 heteroatoms. The molecule has 0 amide bonds. The Kier molecular flexibility index (Phi) is 2.33. The lowest BCUT2D eigenvalue weighted by Gasteiger charge is -2.16. The SMILES string of the molecule is CC(C)(C#N)C(=NO)n1ccnc1. The van der Waals surface area contributed by atoms with E-state index in [1.165, 1.54) is 10.9 Å². The summed E-state index contributed by atoms with van der Waals surface area (Å²) >= 11 is 0. The van der Waals surface area contributed by atoms with E-state index in [-0.39, 0.29) is 5.84 Å². The van der Waals surface area contributed by atoms with Gasteiger partial charge in [0.15, 0.2) is 5.84 Å². The van der Waals surface area contributed by atoms with Crippen LogP contribution in [0.3, 0.4) is 0 Å². The molecule has 1 heterocycles. The van der Waals surface area contributed by atoms with Crippen molar-refractivity contribution in [1.82, 2.24) is 9.55 Å². The van der Waals surface area contributed by atoms with Crippen LogP contribution in [0.25, 0.3) is 0 Å². The smallest absolute Gasteiger partial charge is 0.173 e. The lowest BCUT2D eigenvalue weighted by Crippen LogP contribution is -2.28. The Bertz CT molecular complexity index is 345. The second-order valence-electron chi connectivity index (χ2n) is 3.13. The van der Waals surface area contributed by atoms with Crippen LogP contribution in [0, 0.1) is 16.7 Å². The van der Waals surface area contributed by atoms with E-state index in [0.717, 1.165) is 0 Å². The summed E-state index contributed by atoms with van der Waals surface area (Å²) in [6, 6.07) is 2.04. The Morgan fingerprint density at radius 2 is 2.38 bits per heavy atom. The quantitative estimate of drug-likeness (QED) is 0.302. The number of aromatic nitrogens is 2. The fraction of sp³-hybridized carbons (Fsp3) is 0.375. The lowest BCUT2D eigenvalue weighted by molar-refractivity contribution is 0.310. The number of hydrogen-bond acceptors (Lipinski definition) is 4. The van der Waals surface area contributed by atoms with Gasteiger partial charge in [-0.15, -0.1) is 0 Å². The summed E-state index contributed by atoms with van der Waals surface area (Å²) in [6.07, 6.45) is 4.65. The molecule has 5 nitrogen and oxygen atoms in total. The molecular weight excluding hydrogens is 168 g/mol. The number of oxime groups is 1. The molecule has 0 aliphatic rings. The van der Waals surface area contributed by atoms with Gasteiger partial charge in [0.2, 0.25) is 0 Å². The Morgan fingerprint density at radius 3 is 2.77 bits per heavy atom. The van der Waals surface area contributed by atoms with Crippen molar-refractivity contribution in [2.24, 2.45) is 10.6 Å². The zero-order chi connectivity index (χ0) is 9.90. The topological polar surface area (TPSA) is 74.2 Å². The monoisotopic (exact) mass is 178 g/mol. The van der Waals surface area contributed by atoms with Crippen molar-refractivity contribution in [3.63, 3.8) is 0 Å². The van der Waals surface area contributed by atoms with Gasteiger partial charge in [0, 0.05) is 12.4 Å². The molecule has 0 spiro atoms. The van der Waals surface area contributed by atoms with Crippen LogP contribution in [0.5, 0.6) is 0 Å². The lowest BCUT2D eigenvalue weighted by atomic mass is 9.94. The number of rotatable bonds is 1. The van der Waals surface area contributed by atoms with E-state index in [1.54, 1.807) is 26.2 Å². The van der Waals surface area contributed by atoms with Gasteiger partial charge < -0.3 is 5.21 Å². The molecular formula is C8H10N4O. The van der Waals surface area contributed by atoms with Crippen LogP contribution in [-0.2, 0) is 0 Å². The number of nitrogens with zero attached hydrogens (tertiary/aromatic N) is 4. The average Bonchev–Trinajstić information content (AvgIpc) is 2.58. The molecule has 0 fully saturated rings. The second kappa shape index (κ2) is 3.27. The van der Waals surface area contributed by atoms with Crippen molar-refractivity contribution >= 4 is 5.84 Å². The van der Waals surface area contributed by atoms with Gasteiger partial charge in [-0.1, -0.05) is 5.16 Å². The highest BCUT2D eigenvalue weighted by molar-refractivity contribution is 5.91. The van der Waals surface area contributed by atoms with E-state index < -0.39 is 5.41 Å². The molecule has 0 bridgehead atoms. The maximum Gasteiger partial charge on any atom is 0.173 e. The van der Waals surface area contributed by atoms with Crippen molar-refractivity contribution in [3.8, 4) is 6.07 Å². The van der Waals surface area contributed by atoms with Crippen molar-refractivity contribution in [2.45, 2.75) is 13.8 Å². The van der Waals surface area contributed by atoms with E-state index in [0.29, 0.717) is 0 Å². The predicted octanol–water partition coefficient (Wildman–Crippen LogP) is 1.07. The van der Waals surface area contributed by atoms with Crippen LogP contribution < -0.4 is 0 Å². The van der Waals surface area contributed by atoms with Crippen LogP contribution in [-0.4, -0.2) is 20.6 Å². The number of nitriles is 1. The molecule has 68 valence electrons. The fourth-order valence-corrected chi connectivity index (χ4v) is 0.934. The zero-order valence-corrected chi connectivity index (χ0v) is 7.47. The normalized spacial score (nSPS) is 12.5. The van der Waals surface area contributed by atoms with Gasteiger partial charge in [-0.3, -0.25) is 4.57 Å². The van der Waals surface area contributed by atoms with Crippen LogP contribution in [0.1, 0.15) is 13.8 Å². The van der Waals surface area contributed by atoms with Crippen molar-refractivity contribution in [3.05, 3.63) is 18.7 Å². The summed E-state index contributed by atoms with van der Waals surface area (Å²) in [6.45, 7) is 3.34. The van der Waals surface area contributed by atoms with Gasteiger partial charge in [-0.25, -0.2) is 4.98 Å². The van der Waals surface area contributed by atoms with Crippen LogP contribution in [0.15, 0.2) is 23.9 Å². The minimum absolute atomic E-state index is 0.257. The third kappa shape index (κ3) is 1.67. The summed E-state index contributed by atoms with van der Waals surface area (Å²) in [4.78, 5) is 3.80. The highest BCUT2D eigenvalue weighted by Crippen LogP contribution is 2.17. The predicted molar refractivity (Wildman–Crippen MR) is 46.2 cm³/mol. The second-order valence-corrected chi connectivity index (χ2v) is 3.13. The fourth-order valence-electron chi connectivity index (χ4n) is 0.934. The molecule has 0 unspecified atom stereocenters. The summed E-state index contributed by atoms with van der Waals surface area (Å²) in [7, 11) is 0. The first-order chi connectivity index (χ1) is 6.11. The highest BCUT2D eigenvalue weighted by atomic mass is 16.4. The summed E-state index contributed by atoms with van der Waals surface area (Å²) in [5, 5.41) is 20.7. The van der Waals surface area contributed by atoms with E-state index in [4.69, 9.17) is 10.5 Å². The molecule has 1 rings (SSSR count). The van der Waals surface area contributed by atoms with Gasteiger partial charge >= 0.3 is 0 Å². The first-order valence-corrected chi connectivity index (χ1v) is 3.74. The molecule has 1 aromatic heterocycles. The van der Waals surface area contributed by atoms with E-state index >= 15 is 0 Å². The maximum atomic E-state index is 8.82. The Labute approximate surface area is 75.9 Å². The summed E-state index contributed by atoms with van der Waals surface area (Å²) in [5.41, 5.74) is -0.838. The third-order valence-electron chi connectivity index (χ3n) is 1.68. The Hall–Kier alpha value is -1.83. The van der Waals surface area contributed by atoms with Gasteiger partial charge in [-0.05, 0) is 13.8 Å². The number of hydrogen-bond donors (Lipinski definition) is 1. The summed E-state index contributed by atoms with van der Waals surface area (Å²) < 4.78 is 1.50. The van der Waals surface area contributed by atoms with Crippen molar-refractivity contribution in [1.29, 1.82) is 5.26 Å². The van der Waals surface area contributed by atoms with Gasteiger partial charge in [0.25, 0.3) is 0 Å². The molecule has 0 aliphatic heterocycles. The molecule has 13 heavy (non-hydrogen) atoms. The summed E-state index contributed by atoms with van der Waals surface area (Å²) in [5.74, 6) is 0.257. The van der Waals surface area contributed by atoms with Crippen LogP contribution in [0.2, 0.25) is 0 Å². The molecule has 1 N–H and O–H groups in total. The molecule has 0 aliphatic carbocycles. The molecule has 0 atom stereocenters.